The van der Waals surface area contributed by atoms with Crippen molar-refractivity contribution in [2.75, 3.05) is 58.9 Å². The van der Waals surface area contributed by atoms with E-state index in [4.69, 9.17) is 9.47 Å². The number of benzene rings is 2. The van der Waals surface area contributed by atoms with Gasteiger partial charge in [0.1, 0.15) is 11.5 Å². The number of nitrogens with zero attached hydrogens (tertiary/aromatic N) is 3. The first-order valence-electron chi connectivity index (χ1n) is 11.2. The molecule has 2 aromatic carbocycles. The van der Waals surface area contributed by atoms with Gasteiger partial charge in [0.2, 0.25) is 0 Å². The van der Waals surface area contributed by atoms with E-state index in [1.807, 2.05) is 13.1 Å². The molecule has 0 aromatic heterocycles. The van der Waals surface area contributed by atoms with E-state index in [1.54, 1.807) is 14.2 Å². The van der Waals surface area contributed by atoms with Crippen LogP contribution in [0, 0.1) is 5.92 Å². The Kier molecular flexibility index (Phi) is 6.85. The van der Waals surface area contributed by atoms with Gasteiger partial charge in [-0.15, -0.1) is 0 Å². The number of guanidine groups is 1. The molecule has 0 saturated carbocycles. The first-order valence-corrected chi connectivity index (χ1v) is 11.2. The van der Waals surface area contributed by atoms with Crippen LogP contribution in [-0.2, 0) is 0 Å². The largest absolute Gasteiger partial charge is 0.497 e. The normalized spacial score (nSPS) is 21.5. The Morgan fingerprint density at radius 2 is 1.81 bits per heavy atom. The molecule has 0 radical (unpaired) electrons. The second kappa shape index (κ2) is 9.94. The fraction of sp³-hybridized carbons (Fsp3) is 0.480. The summed E-state index contributed by atoms with van der Waals surface area (Å²) in [5, 5.41) is 3.64. The maximum atomic E-state index is 5.38. The van der Waals surface area contributed by atoms with E-state index >= 15 is 0 Å². The molecule has 31 heavy (non-hydrogen) atoms. The van der Waals surface area contributed by atoms with Gasteiger partial charge in [0, 0.05) is 57.4 Å². The van der Waals surface area contributed by atoms with Crippen LogP contribution in [0.4, 0.5) is 5.69 Å². The Bertz CT molecular complexity index is 883. The van der Waals surface area contributed by atoms with Crippen molar-refractivity contribution in [2.24, 2.45) is 10.9 Å². The number of hydrogen-bond acceptors (Lipinski definition) is 4. The number of methoxy groups -OCH3 is 2. The van der Waals surface area contributed by atoms with Crippen molar-refractivity contribution in [3.8, 4) is 11.5 Å². The summed E-state index contributed by atoms with van der Waals surface area (Å²) in [5.74, 6) is 4.01. The van der Waals surface area contributed by atoms with Gasteiger partial charge in [-0.1, -0.05) is 18.2 Å². The third-order valence-corrected chi connectivity index (χ3v) is 6.54. The van der Waals surface area contributed by atoms with Crippen LogP contribution < -0.4 is 19.7 Å². The highest BCUT2D eigenvalue weighted by atomic mass is 16.5. The highest BCUT2D eigenvalue weighted by Crippen LogP contribution is 2.29. The fourth-order valence-corrected chi connectivity index (χ4v) is 4.71. The lowest BCUT2D eigenvalue weighted by Crippen LogP contribution is -2.42. The van der Waals surface area contributed by atoms with Gasteiger partial charge < -0.3 is 24.6 Å². The summed E-state index contributed by atoms with van der Waals surface area (Å²) < 4.78 is 10.7. The van der Waals surface area contributed by atoms with Crippen molar-refractivity contribution < 1.29 is 9.47 Å². The maximum absolute atomic E-state index is 5.38. The molecule has 6 heteroatoms. The van der Waals surface area contributed by atoms with Crippen LogP contribution in [0.25, 0.3) is 0 Å². The Hall–Kier alpha value is -2.89. The molecule has 2 aliphatic heterocycles. The van der Waals surface area contributed by atoms with E-state index in [1.165, 1.54) is 17.7 Å². The molecular weight excluding hydrogens is 388 g/mol. The third kappa shape index (κ3) is 5.06. The maximum Gasteiger partial charge on any atom is 0.193 e. The van der Waals surface area contributed by atoms with Gasteiger partial charge in [-0.25, -0.2) is 0 Å². The number of aliphatic imine (C=N–C) groups is 1. The lowest BCUT2D eigenvalue weighted by molar-refractivity contribution is 0.414. The molecule has 2 aromatic rings. The summed E-state index contributed by atoms with van der Waals surface area (Å²) >= 11 is 0. The van der Waals surface area contributed by atoms with Gasteiger partial charge in [-0.2, -0.15) is 0 Å². The van der Waals surface area contributed by atoms with Gasteiger partial charge in [-0.05, 0) is 48.6 Å². The van der Waals surface area contributed by atoms with Crippen LogP contribution in [-0.4, -0.2) is 64.9 Å². The topological polar surface area (TPSA) is 49.3 Å². The van der Waals surface area contributed by atoms with Gasteiger partial charge in [0.15, 0.2) is 5.96 Å². The molecule has 2 unspecified atom stereocenters. The molecule has 2 atom stereocenters. The molecule has 1 N–H and O–H groups in total. The van der Waals surface area contributed by atoms with Crippen molar-refractivity contribution in [1.29, 1.82) is 0 Å². The number of anilines is 1. The van der Waals surface area contributed by atoms with Crippen molar-refractivity contribution >= 4 is 11.6 Å². The molecule has 4 rings (SSSR count). The Labute approximate surface area is 185 Å². The van der Waals surface area contributed by atoms with E-state index in [9.17, 15) is 0 Å². The number of ether oxygens (including phenoxy) is 2. The zero-order chi connectivity index (χ0) is 21.6. The SMILES string of the molecule is CN=C(NCC1CCN(c2cccc(OC)c2)C1)N1CCC(c2ccc(OC)cc2)C1. The minimum Gasteiger partial charge on any atom is -0.497 e. The average Bonchev–Trinajstić information content (AvgIpc) is 3.50. The number of nitrogens with one attached hydrogen (secondary N) is 1. The van der Waals surface area contributed by atoms with Gasteiger partial charge in [0.25, 0.3) is 0 Å². The van der Waals surface area contributed by atoms with Crippen molar-refractivity contribution in [3.63, 3.8) is 0 Å². The lowest BCUT2D eigenvalue weighted by atomic mass is 9.98. The molecular formula is C25H34N4O2. The van der Waals surface area contributed by atoms with Crippen molar-refractivity contribution in [1.82, 2.24) is 10.2 Å². The fourth-order valence-electron chi connectivity index (χ4n) is 4.71. The van der Waals surface area contributed by atoms with Crippen LogP contribution in [0.3, 0.4) is 0 Å². The van der Waals surface area contributed by atoms with E-state index < -0.39 is 0 Å². The molecule has 2 heterocycles. The molecule has 0 spiro atoms. The summed E-state index contributed by atoms with van der Waals surface area (Å²) in [7, 11) is 5.32. The van der Waals surface area contributed by atoms with E-state index in [0.29, 0.717) is 11.8 Å². The molecule has 0 aliphatic carbocycles. The lowest BCUT2D eigenvalue weighted by Gasteiger charge is -2.24. The quantitative estimate of drug-likeness (QED) is 0.569. The molecule has 2 fully saturated rings. The number of likely N-dealkylation sites (tertiary alicyclic amines) is 1. The zero-order valence-corrected chi connectivity index (χ0v) is 18.9. The van der Waals surface area contributed by atoms with Crippen LogP contribution in [0.2, 0.25) is 0 Å². The van der Waals surface area contributed by atoms with Gasteiger partial charge >= 0.3 is 0 Å². The van der Waals surface area contributed by atoms with Gasteiger partial charge in [0.05, 0.1) is 14.2 Å². The van der Waals surface area contributed by atoms with E-state index in [2.05, 4.69) is 62.6 Å². The second-order valence-electron chi connectivity index (χ2n) is 8.44. The number of rotatable bonds is 6. The van der Waals surface area contributed by atoms with Gasteiger partial charge in [-0.3, -0.25) is 4.99 Å². The molecule has 2 aliphatic rings. The first kappa shape index (κ1) is 21.3. The zero-order valence-electron chi connectivity index (χ0n) is 18.9. The predicted molar refractivity (Wildman–Crippen MR) is 127 cm³/mol. The summed E-state index contributed by atoms with van der Waals surface area (Å²) in [6.07, 6.45) is 2.34. The van der Waals surface area contributed by atoms with Crippen LogP contribution in [0.1, 0.15) is 24.3 Å². The Morgan fingerprint density at radius 3 is 2.55 bits per heavy atom. The summed E-state index contributed by atoms with van der Waals surface area (Å²) in [4.78, 5) is 9.41. The predicted octanol–water partition coefficient (Wildman–Crippen LogP) is 3.60. The minimum absolute atomic E-state index is 0.541. The van der Waals surface area contributed by atoms with E-state index in [-0.39, 0.29) is 0 Å². The molecule has 6 nitrogen and oxygen atoms in total. The minimum atomic E-state index is 0.541. The average molecular weight is 423 g/mol. The Morgan fingerprint density at radius 1 is 1.00 bits per heavy atom. The number of hydrogen-bond donors (Lipinski definition) is 1. The second-order valence-corrected chi connectivity index (χ2v) is 8.44. The molecule has 0 bridgehead atoms. The summed E-state index contributed by atoms with van der Waals surface area (Å²) in [5.41, 5.74) is 2.62. The highest BCUT2D eigenvalue weighted by molar-refractivity contribution is 5.80. The van der Waals surface area contributed by atoms with Crippen LogP contribution >= 0.6 is 0 Å². The summed E-state index contributed by atoms with van der Waals surface area (Å²) in [6.45, 7) is 5.15. The molecule has 2 saturated heterocycles. The summed E-state index contributed by atoms with van der Waals surface area (Å²) in [6, 6.07) is 16.8. The van der Waals surface area contributed by atoms with Crippen LogP contribution in [0.5, 0.6) is 11.5 Å². The monoisotopic (exact) mass is 422 g/mol. The Balaban J connectivity index is 1.28. The van der Waals surface area contributed by atoms with E-state index in [0.717, 1.165) is 56.6 Å². The highest BCUT2D eigenvalue weighted by Gasteiger charge is 2.28. The molecule has 0 amide bonds. The van der Waals surface area contributed by atoms with Crippen molar-refractivity contribution in [2.45, 2.75) is 18.8 Å². The van der Waals surface area contributed by atoms with Crippen molar-refractivity contribution in [3.05, 3.63) is 54.1 Å². The third-order valence-electron chi connectivity index (χ3n) is 6.54. The standard InChI is InChI=1S/C25H34N4O2/c1-26-25(29-14-12-21(18-29)20-7-9-23(30-2)10-8-20)27-16-19-11-13-28(17-19)22-5-4-6-24(15-22)31-3/h4-10,15,19,21H,11-14,16-18H2,1-3H3,(H,26,27). The molecule has 166 valence electrons. The smallest absolute Gasteiger partial charge is 0.193 e. The first-order chi connectivity index (χ1) is 15.2. The van der Waals surface area contributed by atoms with Crippen LogP contribution in [0.15, 0.2) is 53.5 Å².